The Morgan fingerprint density at radius 1 is 1.15 bits per heavy atom. The first-order chi connectivity index (χ1) is 12.6. The van der Waals surface area contributed by atoms with E-state index in [4.69, 9.17) is 25.5 Å². The number of ether oxygens (including phenoxy) is 2. The average Bonchev–Trinajstić information content (AvgIpc) is 3.11. The zero-order chi connectivity index (χ0) is 18.5. The molecule has 0 aliphatic carbocycles. The van der Waals surface area contributed by atoms with Gasteiger partial charge in [0.25, 0.3) is 0 Å². The first kappa shape index (κ1) is 17.8. The van der Waals surface area contributed by atoms with Gasteiger partial charge in [-0.05, 0) is 18.2 Å². The molecule has 3 rings (SSSR count). The molecule has 0 saturated heterocycles. The van der Waals surface area contributed by atoms with E-state index in [1.807, 2.05) is 30.3 Å². The largest absolute Gasteiger partial charge is 0.495 e. The van der Waals surface area contributed by atoms with Gasteiger partial charge in [0.05, 0.1) is 37.0 Å². The summed E-state index contributed by atoms with van der Waals surface area (Å²) in [7, 11) is 3.01. The second-order valence-electron chi connectivity index (χ2n) is 5.42. The summed E-state index contributed by atoms with van der Waals surface area (Å²) in [6, 6.07) is 12.7. The van der Waals surface area contributed by atoms with Crippen molar-refractivity contribution in [3.05, 3.63) is 59.4 Å². The first-order valence-electron chi connectivity index (χ1n) is 7.82. The fourth-order valence-electron chi connectivity index (χ4n) is 2.42. The van der Waals surface area contributed by atoms with E-state index in [0.717, 1.165) is 5.56 Å². The van der Waals surface area contributed by atoms with Gasteiger partial charge in [-0.25, -0.2) is 4.98 Å². The quantitative estimate of drug-likeness (QED) is 0.702. The number of hydrogen-bond acceptors (Lipinski definition) is 5. The molecule has 1 amide bonds. The highest BCUT2D eigenvalue weighted by Gasteiger charge is 2.15. The Balaban J connectivity index is 1.72. The van der Waals surface area contributed by atoms with Crippen LogP contribution in [-0.4, -0.2) is 25.1 Å². The van der Waals surface area contributed by atoms with E-state index >= 15 is 0 Å². The number of benzene rings is 2. The molecule has 7 heteroatoms. The SMILES string of the molecule is COc1cc(OC)c(NC(=O)Cc2coc(-c3ccccc3)n2)cc1Cl. The molecular weight excluding hydrogens is 356 g/mol. The molecule has 6 nitrogen and oxygen atoms in total. The van der Waals surface area contributed by atoms with E-state index in [9.17, 15) is 4.79 Å². The van der Waals surface area contributed by atoms with Crippen LogP contribution in [0.5, 0.6) is 11.5 Å². The number of hydrogen-bond donors (Lipinski definition) is 1. The van der Waals surface area contributed by atoms with Gasteiger partial charge >= 0.3 is 0 Å². The van der Waals surface area contributed by atoms with E-state index in [1.54, 1.807) is 12.1 Å². The molecule has 0 spiro atoms. The maximum absolute atomic E-state index is 12.3. The van der Waals surface area contributed by atoms with Crippen molar-refractivity contribution in [2.75, 3.05) is 19.5 Å². The predicted molar refractivity (Wildman–Crippen MR) is 98.8 cm³/mol. The molecular formula is C19H17ClN2O4. The predicted octanol–water partition coefficient (Wildman–Crippen LogP) is 4.19. The smallest absolute Gasteiger partial charge is 0.230 e. The third-order valence-corrected chi connectivity index (χ3v) is 3.96. The number of amides is 1. The molecule has 26 heavy (non-hydrogen) atoms. The number of rotatable bonds is 6. The summed E-state index contributed by atoms with van der Waals surface area (Å²) in [6.07, 6.45) is 1.53. The molecule has 1 heterocycles. The van der Waals surface area contributed by atoms with Crippen LogP contribution in [0.15, 0.2) is 53.1 Å². The second-order valence-corrected chi connectivity index (χ2v) is 5.83. The zero-order valence-corrected chi connectivity index (χ0v) is 15.0. The van der Waals surface area contributed by atoms with Crippen LogP contribution < -0.4 is 14.8 Å². The van der Waals surface area contributed by atoms with Crippen molar-refractivity contribution >= 4 is 23.2 Å². The minimum absolute atomic E-state index is 0.0587. The Bertz CT molecular complexity index is 909. The van der Waals surface area contributed by atoms with Crippen molar-refractivity contribution in [1.29, 1.82) is 0 Å². The first-order valence-corrected chi connectivity index (χ1v) is 8.19. The minimum atomic E-state index is -0.266. The van der Waals surface area contributed by atoms with Crippen LogP contribution in [0.2, 0.25) is 5.02 Å². The molecule has 2 aromatic carbocycles. The van der Waals surface area contributed by atoms with Gasteiger partial charge < -0.3 is 19.2 Å². The van der Waals surface area contributed by atoms with Crippen LogP contribution in [0.4, 0.5) is 5.69 Å². The molecule has 3 aromatic rings. The highest BCUT2D eigenvalue weighted by molar-refractivity contribution is 6.32. The Morgan fingerprint density at radius 2 is 1.88 bits per heavy atom. The third kappa shape index (κ3) is 3.97. The lowest BCUT2D eigenvalue weighted by molar-refractivity contribution is -0.115. The van der Waals surface area contributed by atoms with Gasteiger partial charge in [0.2, 0.25) is 11.8 Å². The summed E-state index contributed by atoms with van der Waals surface area (Å²) in [5.74, 6) is 1.12. The fourth-order valence-corrected chi connectivity index (χ4v) is 2.66. The molecule has 0 saturated carbocycles. The number of nitrogens with zero attached hydrogens (tertiary/aromatic N) is 1. The lowest BCUT2D eigenvalue weighted by atomic mass is 10.2. The van der Waals surface area contributed by atoms with Crippen LogP contribution in [0.25, 0.3) is 11.5 Å². The lowest BCUT2D eigenvalue weighted by Crippen LogP contribution is -2.15. The Labute approximate surface area is 155 Å². The maximum Gasteiger partial charge on any atom is 0.230 e. The molecule has 0 atom stereocenters. The number of nitrogens with one attached hydrogen (secondary N) is 1. The second kappa shape index (κ2) is 7.93. The van der Waals surface area contributed by atoms with Crippen molar-refractivity contribution in [3.8, 4) is 23.0 Å². The van der Waals surface area contributed by atoms with Crippen LogP contribution in [-0.2, 0) is 11.2 Å². The Kier molecular flexibility index (Phi) is 5.43. The van der Waals surface area contributed by atoms with Gasteiger partial charge in [0, 0.05) is 11.6 Å². The standard InChI is InChI=1S/C19H17ClN2O4/c1-24-16-10-17(25-2)15(9-14(16)20)22-18(23)8-13-11-26-19(21-13)12-6-4-3-5-7-12/h3-7,9-11H,8H2,1-2H3,(H,22,23). The number of anilines is 1. The van der Waals surface area contributed by atoms with Crippen LogP contribution in [0.3, 0.4) is 0 Å². The number of halogens is 1. The number of oxazole rings is 1. The summed E-state index contributed by atoms with van der Waals surface area (Å²) in [4.78, 5) is 16.7. The molecule has 1 N–H and O–H groups in total. The molecule has 0 aliphatic rings. The van der Waals surface area contributed by atoms with Crippen molar-refractivity contribution in [2.45, 2.75) is 6.42 Å². The monoisotopic (exact) mass is 372 g/mol. The molecule has 0 radical (unpaired) electrons. The summed E-state index contributed by atoms with van der Waals surface area (Å²) >= 11 is 6.11. The molecule has 0 bridgehead atoms. The summed E-state index contributed by atoms with van der Waals surface area (Å²) < 4.78 is 15.9. The molecule has 134 valence electrons. The minimum Gasteiger partial charge on any atom is -0.495 e. The van der Waals surface area contributed by atoms with E-state index in [1.165, 1.54) is 20.5 Å². The van der Waals surface area contributed by atoms with Gasteiger partial charge in [-0.1, -0.05) is 29.8 Å². The van der Waals surface area contributed by atoms with Gasteiger partial charge in [-0.2, -0.15) is 0 Å². The Morgan fingerprint density at radius 3 is 2.58 bits per heavy atom. The fraction of sp³-hybridized carbons (Fsp3) is 0.158. The summed E-state index contributed by atoms with van der Waals surface area (Å²) in [5, 5.41) is 3.14. The normalized spacial score (nSPS) is 10.4. The molecule has 0 aliphatic heterocycles. The van der Waals surface area contributed by atoms with Crippen LogP contribution in [0, 0.1) is 0 Å². The number of carbonyl (C=O) groups is 1. The van der Waals surface area contributed by atoms with Crippen molar-refractivity contribution in [3.63, 3.8) is 0 Å². The van der Waals surface area contributed by atoms with Crippen molar-refractivity contribution in [2.24, 2.45) is 0 Å². The van der Waals surface area contributed by atoms with E-state index in [2.05, 4.69) is 10.3 Å². The number of aromatic nitrogens is 1. The van der Waals surface area contributed by atoms with Gasteiger partial charge in [-0.3, -0.25) is 4.79 Å². The highest BCUT2D eigenvalue weighted by Crippen LogP contribution is 2.35. The summed E-state index contributed by atoms with van der Waals surface area (Å²) in [6.45, 7) is 0. The topological polar surface area (TPSA) is 73.6 Å². The van der Waals surface area contributed by atoms with Gasteiger partial charge in [0.1, 0.15) is 17.8 Å². The molecule has 0 fully saturated rings. The molecule has 1 aromatic heterocycles. The number of carbonyl (C=O) groups excluding carboxylic acids is 1. The van der Waals surface area contributed by atoms with E-state index < -0.39 is 0 Å². The van der Waals surface area contributed by atoms with Crippen LogP contribution >= 0.6 is 11.6 Å². The van der Waals surface area contributed by atoms with E-state index in [-0.39, 0.29) is 12.3 Å². The van der Waals surface area contributed by atoms with Gasteiger partial charge in [-0.15, -0.1) is 0 Å². The zero-order valence-electron chi connectivity index (χ0n) is 14.3. The third-order valence-electron chi connectivity index (χ3n) is 3.66. The van der Waals surface area contributed by atoms with Crippen molar-refractivity contribution in [1.82, 2.24) is 4.98 Å². The Hall–Kier alpha value is -2.99. The van der Waals surface area contributed by atoms with E-state index in [0.29, 0.717) is 33.8 Å². The number of methoxy groups -OCH3 is 2. The molecule has 0 unspecified atom stereocenters. The maximum atomic E-state index is 12.3. The lowest BCUT2D eigenvalue weighted by Gasteiger charge is -2.12. The average molecular weight is 373 g/mol. The highest BCUT2D eigenvalue weighted by atomic mass is 35.5. The van der Waals surface area contributed by atoms with Crippen LogP contribution in [0.1, 0.15) is 5.69 Å². The van der Waals surface area contributed by atoms with Crippen molar-refractivity contribution < 1.29 is 18.7 Å². The summed E-state index contributed by atoms with van der Waals surface area (Å²) in [5.41, 5.74) is 1.83. The van der Waals surface area contributed by atoms with Gasteiger partial charge in [0.15, 0.2) is 0 Å².